The third-order valence-corrected chi connectivity index (χ3v) is 9.21. The lowest BCUT2D eigenvalue weighted by Gasteiger charge is -2.20. The van der Waals surface area contributed by atoms with Crippen molar-refractivity contribution >= 4 is 25.7 Å². The van der Waals surface area contributed by atoms with Crippen LogP contribution < -0.4 is 5.73 Å². The number of esters is 2. The van der Waals surface area contributed by atoms with E-state index in [1.807, 2.05) is 0 Å². The molecule has 0 aliphatic carbocycles. The molecule has 0 fully saturated rings. The van der Waals surface area contributed by atoms with Gasteiger partial charge in [0.15, 0.2) is 6.10 Å². The minimum atomic E-state index is -4.70. The molecule has 0 aliphatic rings. The van der Waals surface area contributed by atoms with Gasteiger partial charge in [-0.15, -0.1) is 0 Å². The minimum Gasteiger partial charge on any atom is -0.480 e. The van der Waals surface area contributed by atoms with Gasteiger partial charge in [0, 0.05) is 12.8 Å². The highest BCUT2D eigenvalue weighted by Gasteiger charge is 2.28. The predicted octanol–water partition coefficient (Wildman–Crippen LogP) is 9.34. The summed E-state index contributed by atoms with van der Waals surface area (Å²) in [5, 5.41) is 8.85. The number of carboxylic acids is 1. The Kier molecular flexibility index (Phi) is 32.2. The highest BCUT2D eigenvalue weighted by Crippen LogP contribution is 2.43. The number of carbonyl (C=O) groups is 3. The van der Waals surface area contributed by atoms with Crippen LogP contribution in [0.2, 0.25) is 0 Å². The van der Waals surface area contributed by atoms with Crippen LogP contribution in [0.25, 0.3) is 0 Å². The molecule has 3 unspecified atom stereocenters. The SMILES string of the molecule is CCCCCCCCC/C=C\CCCCCCCC(=O)OC(COC(=O)CCCCCCCCCCC)COP(=O)(O)OCC(N)C(=O)O. The second kappa shape index (κ2) is 33.4. The second-order valence-electron chi connectivity index (χ2n) is 13.1. The van der Waals surface area contributed by atoms with Gasteiger partial charge in [-0.2, -0.15) is 0 Å². The Hall–Kier alpha value is -1.78. The maximum atomic E-state index is 12.5. The third kappa shape index (κ3) is 33.1. The standard InChI is InChI=1S/C37H70NO10P/c1-3-5-7-9-11-13-14-15-16-17-18-19-21-23-25-27-29-36(40)48-33(31-46-49(43,44)47-32-34(38)37(41)42)30-45-35(39)28-26-24-22-20-12-10-8-6-4-2/h16-17,33-34H,3-15,18-32,38H2,1-2H3,(H,41,42)(H,43,44)/b17-16-. The van der Waals surface area contributed by atoms with E-state index in [-0.39, 0.29) is 19.4 Å². The first kappa shape index (κ1) is 47.2. The number of rotatable bonds is 36. The molecule has 0 aromatic heterocycles. The summed E-state index contributed by atoms with van der Waals surface area (Å²) >= 11 is 0. The Bertz CT molecular complexity index is 900. The Morgan fingerprint density at radius 1 is 0.612 bits per heavy atom. The summed E-state index contributed by atoms with van der Waals surface area (Å²) in [6.45, 7) is 2.75. The fourth-order valence-corrected chi connectivity index (χ4v) is 5.95. The number of ether oxygens (including phenoxy) is 2. The fourth-order valence-electron chi connectivity index (χ4n) is 5.18. The van der Waals surface area contributed by atoms with Crippen LogP contribution in [0.3, 0.4) is 0 Å². The summed E-state index contributed by atoms with van der Waals surface area (Å²) < 4.78 is 32.5. The van der Waals surface area contributed by atoms with Crippen LogP contribution in [0.4, 0.5) is 0 Å². The monoisotopic (exact) mass is 719 g/mol. The summed E-state index contributed by atoms with van der Waals surface area (Å²) in [7, 11) is -4.70. The molecule has 0 amide bonds. The number of nitrogens with two attached hydrogens (primary N) is 1. The van der Waals surface area contributed by atoms with Gasteiger partial charge in [0.2, 0.25) is 0 Å². The molecule has 4 N–H and O–H groups in total. The second-order valence-corrected chi connectivity index (χ2v) is 14.5. The summed E-state index contributed by atoms with van der Waals surface area (Å²) in [5.74, 6) is -2.39. The van der Waals surface area contributed by atoms with Crippen molar-refractivity contribution in [2.45, 2.75) is 187 Å². The van der Waals surface area contributed by atoms with Gasteiger partial charge in [-0.1, -0.05) is 135 Å². The van der Waals surface area contributed by atoms with Crippen molar-refractivity contribution in [2.75, 3.05) is 19.8 Å². The Balaban J connectivity index is 4.41. The van der Waals surface area contributed by atoms with Crippen LogP contribution >= 0.6 is 7.82 Å². The first-order chi connectivity index (χ1) is 23.6. The van der Waals surface area contributed by atoms with E-state index in [2.05, 4.69) is 30.5 Å². The quantitative estimate of drug-likeness (QED) is 0.0244. The van der Waals surface area contributed by atoms with Gasteiger partial charge in [-0.05, 0) is 38.5 Å². The Morgan fingerprint density at radius 3 is 1.49 bits per heavy atom. The zero-order valence-corrected chi connectivity index (χ0v) is 31.7. The summed E-state index contributed by atoms with van der Waals surface area (Å²) in [5.41, 5.74) is 5.31. The molecule has 0 rings (SSSR count). The molecule has 0 aliphatic heterocycles. The van der Waals surface area contributed by atoms with Crippen molar-refractivity contribution in [1.29, 1.82) is 0 Å². The van der Waals surface area contributed by atoms with E-state index < -0.39 is 51.1 Å². The molecule has 3 atom stereocenters. The maximum Gasteiger partial charge on any atom is 0.472 e. The van der Waals surface area contributed by atoms with Gasteiger partial charge in [-0.3, -0.25) is 23.4 Å². The number of hydrogen-bond acceptors (Lipinski definition) is 9. The van der Waals surface area contributed by atoms with E-state index in [1.54, 1.807) is 0 Å². The van der Waals surface area contributed by atoms with E-state index in [0.717, 1.165) is 57.8 Å². The summed E-state index contributed by atoms with van der Waals surface area (Å²) in [6, 6.07) is -1.52. The molecule has 0 spiro atoms. The van der Waals surface area contributed by atoms with Crippen molar-refractivity contribution in [1.82, 2.24) is 0 Å². The Morgan fingerprint density at radius 2 is 1.02 bits per heavy atom. The lowest BCUT2D eigenvalue weighted by molar-refractivity contribution is -0.161. The van der Waals surface area contributed by atoms with Gasteiger partial charge in [0.05, 0.1) is 13.2 Å². The zero-order chi connectivity index (χ0) is 36.4. The molecule has 11 nitrogen and oxygen atoms in total. The van der Waals surface area contributed by atoms with Gasteiger partial charge in [0.25, 0.3) is 0 Å². The average Bonchev–Trinajstić information content (AvgIpc) is 3.07. The summed E-state index contributed by atoms with van der Waals surface area (Å²) in [4.78, 5) is 45.6. The zero-order valence-electron chi connectivity index (χ0n) is 30.8. The molecule has 0 radical (unpaired) electrons. The number of carbonyl (C=O) groups excluding carboxylic acids is 2. The molecule has 49 heavy (non-hydrogen) atoms. The number of carboxylic acid groups (broad SMARTS) is 1. The molecule has 0 heterocycles. The Labute approximate surface area is 297 Å². The van der Waals surface area contributed by atoms with Crippen molar-refractivity contribution in [2.24, 2.45) is 5.73 Å². The number of aliphatic carboxylic acids is 1. The number of allylic oxidation sites excluding steroid dienone is 2. The first-order valence-corrected chi connectivity index (χ1v) is 20.7. The van der Waals surface area contributed by atoms with Crippen molar-refractivity contribution in [3.05, 3.63) is 12.2 Å². The van der Waals surface area contributed by atoms with E-state index in [9.17, 15) is 23.8 Å². The van der Waals surface area contributed by atoms with Crippen LogP contribution in [-0.2, 0) is 37.5 Å². The van der Waals surface area contributed by atoms with Crippen LogP contribution in [0.1, 0.15) is 174 Å². The molecule has 288 valence electrons. The van der Waals surface area contributed by atoms with E-state index in [0.29, 0.717) is 12.8 Å². The van der Waals surface area contributed by atoms with Gasteiger partial charge in [-0.25, -0.2) is 4.57 Å². The lowest BCUT2D eigenvalue weighted by Crippen LogP contribution is -2.34. The van der Waals surface area contributed by atoms with Crippen LogP contribution in [0.15, 0.2) is 12.2 Å². The number of phosphoric acid groups is 1. The molecular formula is C37H70NO10P. The molecular weight excluding hydrogens is 649 g/mol. The molecule has 12 heteroatoms. The van der Waals surface area contributed by atoms with E-state index >= 15 is 0 Å². The van der Waals surface area contributed by atoms with Crippen LogP contribution in [0, 0.1) is 0 Å². The largest absolute Gasteiger partial charge is 0.480 e. The number of hydrogen-bond donors (Lipinski definition) is 3. The highest BCUT2D eigenvalue weighted by atomic mass is 31.2. The van der Waals surface area contributed by atoms with Crippen molar-refractivity contribution in [3.63, 3.8) is 0 Å². The minimum absolute atomic E-state index is 0.155. The molecule has 0 saturated heterocycles. The average molecular weight is 720 g/mol. The molecule has 0 bridgehead atoms. The van der Waals surface area contributed by atoms with Crippen LogP contribution in [0.5, 0.6) is 0 Å². The topological polar surface area (TPSA) is 172 Å². The lowest BCUT2D eigenvalue weighted by atomic mass is 10.1. The number of phosphoric ester groups is 1. The smallest absolute Gasteiger partial charge is 0.472 e. The van der Waals surface area contributed by atoms with Crippen LogP contribution in [-0.4, -0.2) is 59.9 Å². The van der Waals surface area contributed by atoms with Crippen molar-refractivity contribution < 1.29 is 47.5 Å². The maximum absolute atomic E-state index is 12.5. The molecule has 0 aromatic carbocycles. The van der Waals surface area contributed by atoms with E-state index in [4.69, 9.17) is 24.8 Å². The fraction of sp³-hybridized carbons (Fsp3) is 0.865. The van der Waals surface area contributed by atoms with Gasteiger partial charge < -0.3 is 25.2 Å². The van der Waals surface area contributed by atoms with Gasteiger partial charge >= 0.3 is 25.7 Å². The van der Waals surface area contributed by atoms with Gasteiger partial charge in [0.1, 0.15) is 12.6 Å². The molecule has 0 aromatic rings. The third-order valence-electron chi connectivity index (χ3n) is 8.26. The summed E-state index contributed by atoms with van der Waals surface area (Å²) in [6.07, 6.45) is 30.0. The van der Waals surface area contributed by atoms with E-state index in [1.165, 1.54) is 77.0 Å². The number of unbranched alkanes of at least 4 members (excludes halogenated alkanes) is 20. The molecule has 0 saturated carbocycles. The first-order valence-electron chi connectivity index (χ1n) is 19.2. The predicted molar refractivity (Wildman–Crippen MR) is 194 cm³/mol. The van der Waals surface area contributed by atoms with Crippen molar-refractivity contribution in [3.8, 4) is 0 Å². The highest BCUT2D eigenvalue weighted by molar-refractivity contribution is 7.47. The normalized spacial score (nSPS) is 14.0.